The molecule has 5 atom stereocenters. The standard InChI is InChI=1S/C27H36N6O8/c1-14(2)19(31-24(36)41-25(4,5)6)23(35)32-22-16-9-10-18(33(16)30-13-29-22)27(12-28)21-20(39-26(7,8)40-21)17(38-27)11-37-15(3)34/h9-10,13-14,17,19-21H,11H2,1-8H3,(H,31,36)(H,29,30,32,35)/t17-,19+,20-,21-,27+/m1/s1. The Morgan fingerprint density at radius 2 is 1.90 bits per heavy atom. The molecule has 2 N–H and O–H groups in total. The molecule has 0 spiro atoms. The Hall–Kier alpha value is -3.80. The molecule has 2 aromatic rings. The number of carbonyl (C=O) groups excluding carboxylic acids is 3. The highest BCUT2D eigenvalue weighted by Gasteiger charge is 2.65. The number of rotatable bonds is 7. The van der Waals surface area contributed by atoms with Crippen LogP contribution < -0.4 is 10.6 Å². The normalized spacial score (nSPS) is 25.8. The maximum absolute atomic E-state index is 13.3. The van der Waals surface area contributed by atoms with Crippen LogP contribution in [0.2, 0.25) is 0 Å². The number of nitriles is 1. The molecule has 2 amide bonds. The first kappa shape index (κ1) is 30.2. The number of esters is 1. The van der Waals surface area contributed by atoms with Crippen molar-refractivity contribution < 1.29 is 38.1 Å². The van der Waals surface area contributed by atoms with Crippen LogP contribution in [0.3, 0.4) is 0 Å². The molecular formula is C27H36N6O8. The van der Waals surface area contributed by atoms with Gasteiger partial charge in [-0.1, -0.05) is 13.8 Å². The molecular weight excluding hydrogens is 536 g/mol. The van der Waals surface area contributed by atoms with Gasteiger partial charge in [0.1, 0.15) is 54.5 Å². The first-order valence-corrected chi connectivity index (χ1v) is 13.3. The minimum Gasteiger partial charge on any atom is -0.463 e. The topological polar surface area (TPSA) is 175 Å². The van der Waals surface area contributed by atoms with Crippen molar-refractivity contribution in [3.8, 4) is 6.07 Å². The minimum atomic E-state index is -1.69. The zero-order valence-electron chi connectivity index (χ0n) is 24.4. The van der Waals surface area contributed by atoms with Gasteiger partial charge in [-0.05, 0) is 52.7 Å². The van der Waals surface area contributed by atoms with E-state index >= 15 is 0 Å². The van der Waals surface area contributed by atoms with Crippen molar-refractivity contribution in [2.24, 2.45) is 5.92 Å². The molecule has 2 saturated heterocycles. The smallest absolute Gasteiger partial charge is 0.408 e. The first-order valence-electron chi connectivity index (χ1n) is 13.3. The average Bonchev–Trinajstić information content (AvgIpc) is 3.50. The summed E-state index contributed by atoms with van der Waals surface area (Å²) in [7, 11) is 0. The Balaban J connectivity index is 1.65. The zero-order chi connectivity index (χ0) is 30.3. The lowest BCUT2D eigenvalue weighted by molar-refractivity contribution is -0.206. The van der Waals surface area contributed by atoms with Crippen molar-refractivity contribution in [2.75, 3.05) is 11.9 Å². The van der Waals surface area contributed by atoms with Crippen molar-refractivity contribution in [1.29, 1.82) is 5.26 Å². The lowest BCUT2D eigenvalue weighted by Gasteiger charge is -2.29. The summed E-state index contributed by atoms with van der Waals surface area (Å²) in [6.07, 6.45) is -1.87. The summed E-state index contributed by atoms with van der Waals surface area (Å²) in [5.41, 5.74) is -1.75. The summed E-state index contributed by atoms with van der Waals surface area (Å²) in [4.78, 5) is 41.4. The predicted octanol–water partition coefficient (Wildman–Crippen LogP) is 2.42. The highest BCUT2D eigenvalue weighted by atomic mass is 16.8. The van der Waals surface area contributed by atoms with E-state index in [0.29, 0.717) is 11.2 Å². The monoisotopic (exact) mass is 572 g/mol. The Labute approximate surface area is 237 Å². The maximum atomic E-state index is 13.3. The highest BCUT2D eigenvalue weighted by molar-refractivity contribution is 5.98. The lowest BCUT2D eigenvalue weighted by Crippen LogP contribution is -2.48. The highest BCUT2D eigenvalue weighted by Crippen LogP contribution is 2.49. The molecule has 0 aromatic carbocycles. The molecule has 41 heavy (non-hydrogen) atoms. The van der Waals surface area contributed by atoms with E-state index in [0.717, 1.165) is 0 Å². The number of fused-ring (bicyclic) bond motifs is 2. The van der Waals surface area contributed by atoms with Crippen molar-refractivity contribution >= 4 is 29.3 Å². The van der Waals surface area contributed by atoms with Gasteiger partial charge in [-0.3, -0.25) is 9.59 Å². The number of hydrogen-bond donors (Lipinski definition) is 2. The third-order valence-corrected chi connectivity index (χ3v) is 6.55. The van der Waals surface area contributed by atoms with E-state index in [1.54, 1.807) is 60.6 Å². The second-order valence-corrected chi connectivity index (χ2v) is 11.8. The molecule has 14 heteroatoms. The summed E-state index contributed by atoms with van der Waals surface area (Å²) in [6.45, 7) is 13.3. The zero-order valence-corrected chi connectivity index (χ0v) is 24.4. The number of hydrogen-bond acceptors (Lipinski definition) is 11. The van der Waals surface area contributed by atoms with Crippen LogP contribution in [0, 0.1) is 17.2 Å². The molecule has 2 aromatic heterocycles. The van der Waals surface area contributed by atoms with Gasteiger partial charge in [-0.15, -0.1) is 0 Å². The molecule has 4 heterocycles. The summed E-state index contributed by atoms with van der Waals surface area (Å²) >= 11 is 0. The number of alkyl carbamates (subject to hydrolysis) is 1. The number of aromatic nitrogens is 3. The van der Waals surface area contributed by atoms with E-state index in [9.17, 15) is 19.6 Å². The Bertz CT molecular complexity index is 1380. The van der Waals surface area contributed by atoms with Crippen LogP contribution in [0.4, 0.5) is 10.6 Å². The lowest BCUT2D eigenvalue weighted by atomic mass is 9.92. The van der Waals surface area contributed by atoms with Gasteiger partial charge in [0.05, 0.1) is 5.69 Å². The molecule has 0 saturated carbocycles. The molecule has 4 rings (SSSR count). The number of nitrogens with one attached hydrogen (secondary N) is 2. The van der Waals surface area contributed by atoms with Gasteiger partial charge in [-0.2, -0.15) is 10.4 Å². The fraction of sp³-hybridized carbons (Fsp3) is 0.630. The van der Waals surface area contributed by atoms with Gasteiger partial charge < -0.3 is 34.3 Å². The van der Waals surface area contributed by atoms with E-state index in [1.807, 2.05) is 0 Å². The van der Waals surface area contributed by atoms with E-state index in [2.05, 4.69) is 26.8 Å². The van der Waals surface area contributed by atoms with E-state index in [-0.39, 0.29) is 18.3 Å². The maximum Gasteiger partial charge on any atom is 0.408 e. The van der Waals surface area contributed by atoms with Gasteiger partial charge >= 0.3 is 12.1 Å². The van der Waals surface area contributed by atoms with Crippen molar-refractivity contribution in [1.82, 2.24) is 19.9 Å². The number of amides is 2. The molecule has 2 aliphatic rings. The van der Waals surface area contributed by atoms with Crippen molar-refractivity contribution in [2.45, 2.75) is 96.7 Å². The summed E-state index contributed by atoms with van der Waals surface area (Å²) in [6, 6.07) is 4.57. The second kappa shape index (κ2) is 10.9. The summed E-state index contributed by atoms with van der Waals surface area (Å²) < 4.78 is 30.3. The molecule has 0 bridgehead atoms. The predicted molar refractivity (Wildman–Crippen MR) is 142 cm³/mol. The average molecular weight is 573 g/mol. The van der Waals surface area contributed by atoms with Gasteiger partial charge in [0.25, 0.3) is 0 Å². The van der Waals surface area contributed by atoms with Crippen molar-refractivity contribution in [3.63, 3.8) is 0 Å². The molecule has 0 radical (unpaired) electrons. The molecule has 0 aliphatic carbocycles. The van der Waals surface area contributed by atoms with Crippen LogP contribution in [-0.2, 0) is 38.9 Å². The SMILES string of the molecule is CC(=O)OC[C@H]1O[C@@](C#N)(c2ccc3c(NC(=O)[C@@H](NC(=O)OC(C)(C)C)C(C)C)ncnn23)[C@@H]2OC(C)(C)O[C@@H]21. The molecule has 14 nitrogen and oxygen atoms in total. The first-order chi connectivity index (χ1) is 19.1. The van der Waals surface area contributed by atoms with E-state index in [4.69, 9.17) is 23.7 Å². The Kier molecular flexibility index (Phi) is 8.01. The van der Waals surface area contributed by atoms with Crippen LogP contribution >= 0.6 is 0 Å². The van der Waals surface area contributed by atoms with E-state index < -0.39 is 59.3 Å². The quantitative estimate of drug-likeness (QED) is 0.466. The van der Waals surface area contributed by atoms with Crippen LogP contribution in [0.1, 0.15) is 61.1 Å². The largest absolute Gasteiger partial charge is 0.463 e. The Morgan fingerprint density at radius 1 is 1.20 bits per heavy atom. The molecule has 0 unspecified atom stereocenters. The number of anilines is 1. The number of ether oxygens (including phenoxy) is 5. The van der Waals surface area contributed by atoms with Gasteiger partial charge in [0, 0.05) is 6.92 Å². The minimum absolute atomic E-state index is 0.139. The third kappa shape index (κ3) is 6.12. The van der Waals surface area contributed by atoms with Crippen LogP contribution in [-0.4, -0.2) is 74.9 Å². The molecule has 2 aliphatic heterocycles. The third-order valence-electron chi connectivity index (χ3n) is 6.55. The fourth-order valence-corrected chi connectivity index (χ4v) is 4.91. The molecule has 2 fully saturated rings. The fourth-order valence-electron chi connectivity index (χ4n) is 4.91. The van der Waals surface area contributed by atoms with Gasteiger partial charge in [0.15, 0.2) is 11.6 Å². The van der Waals surface area contributed by atoms with Gasteiger partial charge in [-0.25, -0.2) is 14.3 Å². The summed E-state index contributed by atoms with van der Waals surface area (Å²) in [5, 5.41) is 20.2. The van der Waals surface area contributed by atoms with Crippen molar-refractivity contribution in [3.05, 3.63) is 24.2 Å². The van der Waals surface area contributed by atoms with Crippen LogP contribution in [0.15, 0.2) is 18.5 Å². The number of nitrogens with zero attached hydrogens (tertiary/aromatic N) is 4. The Morgan fingerprint density at radius 3 is 2.51 bits per heavy atom. The van der Waals surface area contributed by atoms with Crippen LogP contribution in [0.5, 0.6) is 0 Å². The summed E-state index contributed by atoms with van der Waals surface area (Å²) in [5.74, 6) is -2.16. The molecule has 222 valence electrons. The number of carbonyl (C=O) groups is 3. The van der Waals surface area contributed by atoms with E-state index in [1.165, 1.54) is 17.8 Å². The van der Waals surface area contributed by atoms with Crippen LogP contribution in [0.25, 0.3) is 5.52 Å². The second-order valence-electron chi connectivity index (χ2n) is 11.8. The van der Waals surface area contributed by atoms with Gasteiger partial charge in [0.2, 0.25) is 11.5 Å².